The van der Waals surface area contributed by atoms with E-state index >= 15 is 0 Å². The summed E-state index contributed by atoms with van der Waals surface area (Å²) < 4.78 is 110. The van der Waals surface area contributed by atoms with Crippen LogP contribution in [0, 0.1) is 11.8 Å². The van der Waals surface area contributed by atoms with Crippen LogP contribution in [0.2, 0.25) is 0 Å². The molecule has 3 aliphatic heterocycles. The third-order valence-corrected chi connectivity index (χ3v) is 17.2. The van der Waals surface area contributed by atoms with Gasteiger partial charge in [0.15, 0.2) is 36.5 Å². The van der Waals surface area contributed by atoms with Crippen LogP contribution >= 0.6 is 31.3 Å². The molecule has 73 heavy (non-hydrogen) atoms. The van der Waals surface area contributed by atoms with Crippen molar-refractivity contribution in [2.75, 3.05) is 38.4 Å². The van der Waals surface area contributed by atoms with E-state index in [-0.39, 0.29) is 40.0 Å². The van der Waals surface area contributed by atoms with Gasteiger partial charge >= 0.3 is 34.8 Å². The Kier molecular flexibility index (Phi) is 15.6. The second kappa shape index (κ2) is 20.9. The quantitative estimate of drug-likeness (QED) is 0.0286. The van der Waals surface area contributed by atoms with Gasteiger partial charge < -0.3 is 69.2 Å². The fourth-order valence-corrected chi connectivity index (χ4v) is 13.2. The first-order valence-corrected chi connectivity index (χ1v) is 27.4. The highest BCUT2D eigenvalue weighted by Crippen LogP contribution is 2.68. The number of phosphoric acid groups is 4. The van der Waals surface area contributed by atoms with Crippen LogP contribution in [-0.2, 0) is 71.0 Å². The smallest absolute Gasteiger partial charge is 0.490 e. The number of nitrogens with zero attached hydrogens (tertiary/aromatic N) is 8. The minimum atomic E-state index is -6.11. The topological polar surface area (TPSA) is 490 Å². The Hall–Kier alpha value is -4.54. The zero-order valence-electron chi connectivity index (χ0n) is 38.2. The van der Waals surface area contributed by atoms with Gasteiger partial charge in [0.2, 0.25) is 5.52 Å². The number of imidazole rings is 2. The maximum atomic E-state index is 13.5. The van der Waals surface area contributed by atoms with Crippen LogP contribution in [0.15, 0.2) is 45.6 Å². The molecule has 0 saturated carbocycles. The first-order chi connectivity index (χ1) is 34.2. The zero-order chi connectivity index (χ0) is 53.1. The number of phosphoric ester groups is 3. The molecule has 3 fully saturated rings. The third kappa shape index (κ3) is 11.5. The highest BCUT2D eigenvalue weighted by molar-refractivity contribution is 7.66. The molecule has 0 aromatic carbocycles. The predicted molar refractivity (Wildman–Crippen MR) is 236 cm³/mol. The molecule has 402 valence electrons. The number of H-pyrrole nitrogens is 2. The Balaban J connectivity index is 0.935. The van der Waals surface area contributed by atoms with Gasteiger partial charge in [-0.2, -0.15) is 8.62 Å². The van der Waals surface area contributed by atoms with E-state index in [0.29, 0.717) is 6.42 Å². The molecule has 8 rings (SSSR count). The maximum Gasteiger partial charge on any atom is 0.490 e. The molecule has 8 heterocycles. The van der Waals surface area contributed by atoms with Gasteiger partial charge in [0, 0.05) is 25.3 Å². The lowest BCUT2D eigenvalue weighted by molar-refractivity contribution is -0.745. The number of nitrogens with two attached hydrogens (primary N) is 2. The van der Waals surface area contributed by atoms with Gasteiger partial charge in [0.05, 0.1) is 39.3 Å². The number of nitrogen functional groups attached to an aromatic ring is 2. The van der Waals surface area contributed by atoms with Crippen molar-refractivity contribution in [3.8, 4) is 0 Å². The van der Waals surface area contributed by atoms with Crippen molar-refractivity contribution in [3.05, 3.63) is 62.4 Å². The molecule has 5 aromatic heterocycles. The summed E-state index contributed by atoms with van der Waals surface area (Å²) in [6.07, 6.45) is -10.4. The summed E-state index contributed by atoms with van der Waals surface area (Å²) in [5.41, 5.74) is 9.77. The molecule has 0 amide bonds. The van der Waals surface area contributed by atoms with E-state index in [4.69, 9.17) is 48.5 Å². The van der Waals surface area contributed by atoms with E-state index in [1.165, 1.54) is 15.5 Å². The number of aromatic amines is 2. The number of methoxy groups -OCH3 is 1. The first-order valence-electron chi connectivity index (χ1n) is 21.4. The molecule has 5 aromatic rings. The molecule has 3 saturated heterocycles. The Bertz CT molecular complexity index is 3240. The Morgan fingerprint density at radius 3 is 2.16 bits per heavy atom. The number of aryl methyl sites for hydroxylation is 1. The second-order valence-electron chi connectivity index (χ2n) is 16.6. The van der Waals surface area contributed by atoms with E-state index in [1.54, 1.807) is 25.5 Å². The molecule has 39 heteroatoms. The molecule has 3 aliphatic rings. The van der Waals surface area contributed by atoms with Crippen LogP contribution in [0.4, 0.5) is 11.8 Å². The number of hydrogen-bond acceptors (Lipinski definition) is 26. The Labute approximate surface area is 407 Å². The predicted octanol–water partition coefficient (Wildman–Crippen LogP) is -2.57. The summed E-state index contributed by atoms with van der Waals surface area (Å²) in [6.45, 7) is 0.552. The van der Waals surface area contributed by atoms with Crippen molar-refractivity contribution in [3.63, 3.8) is 0 Å². The summed E-state index contributed by atoms with van der Waals surface area (Å²) in [7, 11) is -20.7. The Morgan fingerprint density at radius 2 is 1.51 bits per heavy atom. The molecule has 11 N–H and O–H groups in total. The normalized spacial score (nSPS) is 30.9. The van der Waals surface area contributed by atoms with Crippen molar-refractivity contribution in [1.82, 2.24) is 43.6 Å². The highest BCUT2D eigenvalue weighted by atomic mass is 31.3. The number of aromatic nitrogens is 10. The number of ether oxygens (including phenoxy) is 4. The van der Waals surface area contributed by atoms with Gasteiger partial charge in [0.1, 0.15) is 48.5 Å². The fourth-order valence-electron chi connectivity index (χ4n) is 8.75. The Morgan fingerprint density at radius 1 is 0.849 bits per heavy atom. The number of hydrogen-bond donors (Lipinski definition) is 9. The minimum absolute atomic E-state index is 0.0112. The molecule has 0 spiro atoms. The van der Waals surface area contributed by atoms with Gasteiger partial charge in [0.25, 0.3) is 24.9 Å². The lowest BCUT2D eigenvalue weighted by Gasteiger charge is -2.31. The van der Waals surface area contributed by atoms with E-state index < -0.39 is 135 Å². The molecule has 16 atom stereocenters. The van der Waals surface area contributed by atoms with Gasteiger partial charge in [-0.25, -0.2) is 38.0 Å². The molecule has 0 radical (unpaired) electrons. The summed E-state index contributed by atoms with van der Waals surface area (Å²) in [5.74, 6) is -0.989. The lowest BCUT2D eigenvalue weighted by atomic mass is 9.89. The van der Waals surface area contributed by atoms with Crippen molar-refractivity contribution in [2.45, 2.75) is 81.7 Å². The van der Waals surface area contributed by atoms with Crippen LogP contribution in [0.3, 0.4) is 0 Å². The number of anilines is 2. The second-order valence-corrected chi connectivity index (χ2v) is 22.6. The van der Waals surface area contributed by atoms with E-state index in [1.807, 2.05) is 4.98 Å². The lowest BCUT2D eigenvalue weighted by Crippen LogP contribution is -2.42. The number of aliphatic hydroxyl groups is 2. The van der Waals surface area contributed by atoms with Crippen molar-refractivity contribution < 1.29 is 98.3 Å². The first kappa shape index (κ1) is 54.7. The number of aliphatic hydroxyl groups excluding tert-OH is 2. The highest BCUT2D eigenvalue weighted by Gasteiger charge is 2.52. The van der Waals surface area contributed by atoms with Crippen molar-refractivity contribution >= 4 is 65.4 Å². The van der Waals surface area contributed by atoms with E-state index in [0.717, 1.165) is 36.6 Å². The SMILES string of the molecule is CC[C@H]1[C@@H](C)[C@H]([n+]2cn(C)c3c(=O)[nH]c(N)nc32)O[C@@H]1COP(=O)(O)OP(=O)(O)OP(=O)(O)OC[C@H]1O[C@@H](n2cnc3c(N)ncnc32)[C@H](OC)[C@@H]1OP(=O)([O-])OC[C@H]1O[C@@H](n2ccc(=O)[nH]c2=O)[C@H](O)[C@@H]1O. The number of nitrogens with one attached hydrogen (secondary N) is 2. The molecular weight excluding hydrogens is 1070 g/mol. The van der Waals surface area contributed by atoms with Crippen LogP contribution in [0.1, 0.15) is 39.0 Å². The largest absolute Gasteiger partial charge is 0.756 e. The average Bonchev–Trinajstić information content (AvgIpc) is 4.09. The number of fused-ring (bicyclic) bond motifs is 2. The standard InChI is InChI=1S/C34H48N12O23P4/c1-5-15-14(2)30(46-13-43(3)21-28(46)41-33(36)42-29(21)50)64-16(15)8-62-71(54,55)68-73(58,59)69-72(56,57)63-10-18-24(25(60-4)32(66-18)45-12-39-20-26(35)37-11-38-27(20)45)67-70(52,53)61-9-17-22(48)23(49)31(65-17)44-7-6-19(47)40-34(44)51/h6-7,11-18,22-25,30-32,48-49H,5,8-10H2,1-4H3,(H9-,35,36,37,38,40,41,42,47,50,51,52,53,54,55,56,57,58,59)/t14-,15+,16-,17-,18-,22-,23-,24-,25-,30-,31-,32-/m1/s1. The monoisotopic (exact) mass is 1120 g/mol. The molecular formula is C34H48N12O23P4. The van der Waals surface area contributed by atoms with Crippen LogP contribution in [0.25, 0.3) is 22.3 Å². The van der Waals surface area contributed by atoms with Gasteiger partial charge in [-0.1, -0.05) is 25.3 Å². The molecule has 35 nitrogen and oxygen atoms in total. The van der Waals surface area contributed by atoms with Gasteiger partial charge in [-0.15, -0.1) is 0 Å². The molecule has 4 unspecified atom stereocenters. The maximum absolute atomic E-state index is 13.5. The average molecular weight is 1120 g/mol. The fraction of sp³-hybridized carbons (Fsp3) is 0.588. The van der Waals surface area contributed by atoms with E-state index in [2.05, 4.69) is 33.5 Å². The van der Waals surface area contributed by atoms with Crippen LogP contribution < -0.4 is 37.7 Å². The van der Waals surface area contributed by atoms with Gasteiger partial charge in [-0.05, 0) is 5.92 Å². The summed E-state index contributed by atoms with van der Waals surface area (Å²) in [5, 5.41) is 21.2. The molecule has 0 aliphatic carbocycles. The third-order valence-electron chi connectivity index (χ3n) is 12.0. The summed E-state index contributed by atoms with van der Waals surface area (Å²) in [6, 6.07) is 0.924. The number of rotatable bonds is 20. The van der Waals surface area contributed by atoms with Crippen LogP contribution in [-0.4, -0.2) is 138 Å². The summed E-state index contributed by atoms with van der Waals surface area (Å²) >= 11 is 0. The molecule has 0 bridgehead atoms. The zero-order valence-corrected chi connectivity index (χ0v) is 41.8. The van der Waals surface area contributed by atoms with Crippen LogP contribution in [0.5, 0.6) is 0 Å². The minimum Gasteiger partial charge on any atom is -0.756 e. The van der Waals surface area contributed by atoms with E-state index in [9.17, 15) is 62.4 Å². The van der Waals surface area contributed by atoms with Crippen molar-refractivity contribution in [2.24, 2.45) is 18.9 Å². The van der Waals surface area contributed by atoms with Gasteiger partial charge in [-0.3, -0.25) is 46.9 Å². The van der Waals surface area contributed by atoms with Crippen molar-refractivity contribution in [1.29, 1.82) is 0 Å². The summed E-state index contributed by atoms with van der Waals surface area (Å²) in [4.78, 5) is 102.